The molecule has 0 saturated heterocycles. The number of hydrogen-bond donors (Lipinski definition) is 1. The predicted molar refractivity (Wildman–Crippen MR) is 86.2 cm³/mol. The second-order valence-electron chi connectivity index (χ2n) is 6.72. The normalized spacial score (nSPS) is 13.4. The van der Waals surface area contributed by atoms with Crippen LogP contribution in [0.4, 0.5) is 5.82 Å². The first-order valence-electron chi connectivity index (χ1n) is 7.39. The molecule has 0 aliphatic heterocycles. The van der Waals surface area contributed by atoms with E-state index in [0.29, 0.717) is 5.92 Å². The molecule has 0 radical (unpaired) electrons. The number of aromatic nitrogens is 2. The summed E-state index contributed by atoms with van der Waals surface area (Å²) in [6, 6.07) is 6.51. The van der Waals surface area contributed by atoms with E-state index >= 15 is 0 Å². The molecule has 1 aromatic heterocycles. The average molecular weight is 271 g/mol. The zero-order valence-electron chi connectivity index (χ0n) is 13.2. The minimum Gasteiger partial charge on any atom is -0.369 e. The van der Waals surface area contributed by atoms with E-state index in [1.807, 2.05) is 0 Å². The second-order valence-corrected chi connectivity index (χ2v) is 6.72. The number of fused-ring (bicyclic) bond motifs is 1. The van der Waals surface area contributed by atoms with E-state index in [9.17, 15) is 0 Å². The molecule has 1 atom stereocenters. The minimum atomic E-state index is 0.228. The van der Waals surface area contributed by atoms with Crippen LogP contribution in [0.3, 0.4) is 0 Å². The van der Waals surface area contributed by atoms with Gasteiger partial charge in [-0.15, -0.1) is 0 Å². The summed E-state index contributed by atoms with van der Waals surface area (Å²) in [6.07, 6.45) is 2.78. The van der Waals surface area contributed by atoms with Crippen LogP contribution in [0.5, 0.6) is 0 Å². The molecule has 3 heteroatoms. The lowest BCUT2D eigenvalue weighted by Crippen LogP contribution is -2.19. The van der Waals surface area contributed by atoms with Crippen LogP contribution in [0.25, 0.3) is 10.9 Å². The van der Waals surface area contributed by atoms with Crippen molar-refractivity contribution in [1.29, 1.82) is 0 Å². The molecule has 1 aromatic carbocycles. The van der Waals surface area contributed by atoms with E-state index in [4.69, 9.17) is 0 Å². The number of benzene rings is 1. The summed E-state index contributed by atoms with van der Waals surface area (Å²) in [5, 5.41) is 4.58. The van der Waals surface area contributed by atoms with Crippen molar-refractivity contribution >= 4 is 16.7 Å². The van der Waals surface area contributed by atoms with Gasteiger partial charge in [-0.25, -0.2) is 9.97 Å². The molecule has 0 spiro atoms. The molecule has 108 valence electrons. The van der Waals surface area contributed by atoms with Gasteiger partial charge in [0.05, 0.1) is 5.52 Å². The summed E-state index contributed by atoms with van der Waals surface area (Å²) >= 11 is 0. The molecule has 0 aliphatic rings. The summed E-state index contributed by atoms with van der Waals surface area (Å²) in [5.74, 6) is 1.50. The minimum absolute atomic E-state index is 0.228. The first-order valence-corrected chi connectivity index (χ1v) is 7.39. The van der Waals surface area contributed by atoms with Crippen LogP contribution in [0, 0.1) is 5.41 Å². The Kier molecular flexibility index (Phi) is 4.26. The summed E-state index contributed by atoms with van der Waals surface area (Å²) in [5.41, 5.74) is 2.59. The van der Waals surface area contributed by atoms with E-state index in [-0.39, 0.29) is 5.41 Å². The summed E-state index contributed by atoms with van der Waals surface area (Å²) in [7, 11) is 0. The molecule has 0 aliphatic carbocycles. The fourth-order valence-corrected chi connectivity index (χ4v) is 2.11. The molecule has 1 unspecified atom stereocenters. The van der Waals surface area contributed by atoms with Crippen molar-refractivity contribution in [1.82, 2.24) is 9.97 Å². The summed E-state index contributed by atoms with van der Waals surface area (Å²) in [6.45, 7) is 12.0. The number of nitrogens with zero attached hydrogens (tertiary/aromatic N) is 2. The van der Waals surface area contributed by atoms with Crippen molar-refractivity contribution in [3.63, 3.8) is 0 Å². The first kappa shape index (κ1) is 14.8. The van der Waals surface area contributed by atoms with E-state index in [1.165, 1.54) is 5.56 Å². The Morgan fingerprint density at radius 1 is 1.20 bits per heavy atom. The smallest absolute Gasteiger partial charge is 0.137 e. The predicted octanol–water partition coefficient (Wildman–Crippen LogP) is 4.60. The van der Waals surface area contributed by atoms with Crippen LogP contribution >= 0.6 is 0 Å². The number of rotatable bonds is 4. The molecule has 0 bridgehead atoms. The first-order chi connectivity index (χ1) is 9.40. The molecule has 0 amide bonds. The number of anilines is 1. The van der Waals surface area contributed by atoms with Crippen molar-refractivity contribution in [2.75, 3.05) is 11.9 Å². The monoisotopic (exact) mass is 271 g/mol. The molecule has 2 rings (SSSR count). The van der Waals surface area contributed by atoms with Crippen LogP contribution < -0.4 is 5.32 Å². The van der Waals surface area contributed by atoms with Gasteiger partial charge in [0.2, 0.25) is 0 Å². The van der Waals surface area contributed by atoms with E-state index in [1.54, 1.807) is 6.33 Å². The average Bonchev–Trinajstić information content (AvgIpc) is 2.42. The van der Waals surface area contributed by atoms with Crippen molar-refractivity contribution in [3.8, 4) is 0 Å². The molecule has 20 heavy (non-hydrogen) atoms. The Labute approximate surface area is 121 Å². The highest BCUT2D eigenvalue weighted by molar-refractivity contribution is 5.89. The van der Waals surface area contributed by atoms with Gasteiger partial charge in [0, 0.05) is 11.9 Å². The quantitative estimate of drug-likeness (QED) is 0.883. The van der Waals surface area contributed by atoms with Crippen LogP contribution in [0.2, 0.25) is 0 Å². The molecular weight excluding hydrogens is 246 g/mol. The van der Waals surface area contributed by atoms with Gasteiger partial charge in [0.15, 0.2) is 0 Å². The third-order valence-corrected chi connectivity index (χ3v) is 3.63. The highest BCUT2D eigenvalue weighted by atomic mass is 15.0. The number of hydrogen-bond acceptors (Lipinski definition) is 3. The van der Waals surface area contributed by atoms with Gasteiger partial charge in [-0.05, 0) is 35.4 Å². The number of nitrogens with one attached hydrogen (secondary N) is 1. The molecule has 1 heterocycles. The zero-order chi connectivity index (χ0) is 14.8. The topological polar surface area (TPSA) is 37.8 Å². The Morgan fingerprint density at radius 2 is 1.95 bits per heavy atom. The Morgan fingerprint density at radius 3 is 2.60 bits per heavy atom. The van der Waals surface area contributed by atoms with Crippen LogP contribution in [0.15, 0.2) is 24.5 Å². The van der Waals surface area contributed by atoms with Crippen LogP contribution in [0.1, 0.15) is 52.5 Å². The highest BCUT2D eigenvalue weighted by Gasteiger charge is 2.12. The van der Waals surface area contributed by atoms with E-state index in [0.717, 1.165) is 29.7 Å². The second kappa shape index (κ2) is 5.78. The van der Waals surface area contributed by atoms with E-state index < -0.39 is 0 Å². The Balaban J connectivity index is 2.38. The fourth-order valence-electron chi connectivity index (χ4n) is 2.11. The molecule has 0 fully saturated rings. The van der Waals surface area contributed by atoms with Gasteiger partial charge >= 0.3 is 0 Å². The lowest BCUT2D eigenvalue weighted by molar-refractivity contribution is 0.442. The highest BCUT2D eigenvalue weighted by Crippen LogP contribution is 2.26. The maximum atomic E-state index is 4.41. The van der Waals surface area contributed by atoms with Gasteiger partial charge in [0.25, 0.3) is 0 Å². The molecule has 3 nitrogen and oxygen atoms in total. The van der Waals surface area contributed by atoms with Crippen molar-refractivity contribution in [3.05, 3.63) is 30.1 Å². The third-order valence-electron chi connectivity index (χ3n) is 3.63. The standard InChI is InChI=1S/C17H25N3/c1-6-12(2)13-7-8-15-14(9-13)16(20-11-19-15)18-10-17(3,4)5/h7-9,11-12H,6,10H2,1-5H3,(H,18,19,20). The maximum absolute atomic E-state index is 4.41. The fraction of sp³-hybridized carbons (Fsp3) is 0.529. The summed E-state index contributed by atoms with van der Waals surface area (Å²) < 4.78 is 0. The van der Waals surface area contributed by atoms with Crippen molar-refractivity contribution in [2.45, 2.75) is 47.0 Å². The van der Waals surface area contributed by atoms with Gasteiger partial charge in [-0.2, -0.15) is 0 Å². The zero-order valence-corrected chi connectivity index (χ0v) is 13.2. The van der Waals surface area contributed by atoms with Crippen molar-refractivity contribution < 1.29 is 0 Å². The maximum Gasteiger partial charge on any atom is 0.137 e. The molecule has 0 saturated carbocycles. The van der Waals surface area contributed by atoms with Crippen LogP contribution in [-0.2, 0) is 0 Å². The third kappa shape index (κ3) is 3.47. The SMILES string of the molecule is CCC(C)c1ccc2ncnc(NCC(C)(C)C)c2c1. The Bertz CT molecular complexity index is 584. The van der Waals surface area contributed by atoms with Gasteiger partial charge < -0.3 is 5.32 Å². The largest absolute Gasteiger partial charge is 0.369 e. The van der Waals surface area contributed by atoms with Crippen molar-refractivity contribution in [2.24, 2.45) is 5.41 Å². The van der Waals surface area contributed by atoms with Gasteiger partial charge in [-0.1, -0.05) is 40.7 Å². The lowest BCUT2D eigenvalue weighted by atomic mass is 9.96. The molecular formula is C17H25N3. The van der Waals surface area contributed by atoms with E-state index in [2.05, 4.69) is 68.1 Å². The van der Waals surface area contributed by atoms with Gasteiger partial charge in [-0.3, -0.25) is 0 Å². The van der Waals surface area contributed by atoms with Gasteiger partial charge in [0.1, 0.15) is 12.1 Å². The Hall–Kier alpha value is -1.64. The molecule has 1 N–H and O–H groups in total. The molecule has 2 aromatic rings. The van der Waals surface area contributed by atoms with Crippen LogP contribution in [-0.4, -0.2) is 16.5 Å². The summed E-state index contributed by atoms with van der Waals surface area (Å²) in [4.78, 5) is 8.78. The lowest BCUT2D eigenvalue weighted by Gasteiger charge is -2.20.